The van der Waals surface area contributed by atoms with Crippen LogP contribution in [0, 0.1) is 6.92 Å². The fraction of sp³-hybridized carbons (Fsp3) is 0.125. The van der Waals surface area contributed by atoms with Crippen LogP contribution in [0.15, 0.2) is 46.9 Å². The number of aryl methyl sites for hydroxylation is 1. The minimum absolute atomic E-state index is 0.370. The molecule has 2 aromatic carbocycles. The van der Waals surface area contributed by atoms with Gasteiger partial charge in [-0.15, -0.1) is 10.2 Å². The first-order chi connectivity index (χ1) is 10.6. The molecule has 0 aliphatic rings. The van der Waals surface area contributed by atoms with Crippen molar-refractivity contribution >= 4 is 23.2 Å². The number of hydrogen-bond donors (Lipinski definition) is 0. The zero-order valence-electron chi connectivity index (χ0n) is 11.7. The van der Waals surface area contributed by atoms with Crippen molar-refractivity contribution in [2.24, 2.45) is 0 Å². The summed E-state index contributed by atoms with van der Waals surface area (Å²) in [5.41, 5.74) is 1.72. The van der Waals surface area contributed by atoms with Gasteiger partial charge in [0, 0.05) is 28.1 Å². The van der Waals surface area contributed by atoms with Crippen LogP contribution in [0.1, 0.15) is 11.5 Å². The van der Waals surface area contributed by atoms with E-state index >= 15 is 0 Å². The maximum Gasteiger partial charge on any atom is 0.247 e. The monoisotopic (exact) mass is 334 g/mol. The summed E-state index contributed by atoms with van der Waals surface area (Å²) < 4.78 is 11.1. The summed E-state index contributed by atoms with van der Waals surface area (Å²) in [7, 11) is 0. The van der Waals surface area contributed by atoms with E-state index in [0.717, 1.165) is 16.9 Å². The lowest BCUT2D eigenvalue weighted by Gasteiger charge is -2.08. The Hall–Kier alpha value is -2.04. The molecule has 1 aromatic heterocycles. The third-order valence-corrected chi connectivity index (χ3v) is 3.62. The topological polar surface area (TPSA) is 48.2 Å². The summed E-state index contributed by atoms with van der Waals surface area (Å²) in [6.45, 7) is 2.12. The summed E-state index contributed by atoms with van der Waals surface area (Å²) in [5.74, 6) is 1.75. The Labute approximate surface area is 137 Å². The number of ether oxygens (including phenoxy) is 1. The van der Waals surface area contributed by atoms with Crippen LogP contribution >= 0.6 is 23.2 Å². The van der Waals surface area contributed by atoms with E-state index in [-0.39, 0.29) is 0 Å². The predicted octanol–water partition coefficient (Wildman–Crippen LogP) is 4.93. The summed E-state index contributed by atoms with van der Waals surface area (Å²) in [5, 5.41) is 8.97. The Morgan fingerprint density at radius 2 is 1.82 bits per heavy atom. The van der Waals surface area contributed by atoms with E-state index in [9.17, 15) is 0 Å². The van der Waals surface area contributed by atoms with Gasteiger partial charge in [0.2, 0.25) is 11.8 Å². The lowest BCUT2D eigenvalue weighted by atomic mass is 10.2. The van der Waals surface area contributed by atoms with E-state index in [2.05, 4.69) is 10.2 Å². The molecule has 0 unspecified atom stereocenters. The molecule has 1 heterocycles. The molecule has 0 saturated heterocycles. The minimum atomic E-state index is 0.370. The highest BCUT2D eigenvalue weighted by molar-refractivity contribution is 6.35. The largest absolute Gasteiger partial charge is 0.489 e. The van der Waals surface area contributed by atoms with Crippen LogP contribution < -0.4 is 4.74 Å². The first-order valence-corrected chi connectivity index (χ1v) is 7.35. The van der Waals surface area contributed by atoms with Gasteiger partial charge in [0.05, 0.1) is 0 Å². The molecule has 0 N–H and O–H groups in total. The summed E-state index contributed by atoms with van der Waals surface area (Å²) in [6.07, 6.45) is 0. The number of nitrogens with zero attached hydrogens (tertiary/aromatic N) is 2. The maximum absolute atomic E-state index is 6.11. The number of aromatic nitrogens is 2. The highest BCUT2D eigenvalue weighted by atomic mass is 35.5. The molecule has 0 amide bonds. The van der Waals surface area contributed by atoms with Gasteiger partial charge in [-0.2, -0.15) is 0 Å². The molecule has 0 atom stereocenters. The molecule has 0 fully saturated rings. The predicted molar refractivity (Wildman–Crippen MR) is 85.3 cm³/mol. The Bertz CT molecular complexity index is 785. The van der Waals surface area contributed by atoms with Gasteiger partial charge < -0.3 is 9.15 Å². The second kappa shape index (κ2) is 6.38. The molecule has 3 rings (SSSR count). The second-order valence-corrected chi connectivity index (χ2v) is 5.52. The number of rotatable bonds is 4. The van der Waals surface area contributed by atoms with Crippen molar-refractivity contribution in [3.8, 4) is 17.2 Å². The zero-order chi connectivity index (χ0) is 15.5. The van der Waals surface area contributed by atoms with Gasteiger partial charge in [-0.25, -0.2) is 0 Å². The molecule has 6 heteroatoms. The lowest BCUT2D eigenvalue weighted by molar-refractivity contribution is 0.306. The van der Waals surface area contributed by atoms with Gasteiger partial charge >= 0.3 is 0 Å². The molecule has 0 aliphatic carbocycles. The molecule has 22 heavy (non-hydrogen) atoms. The fourth-order valence-corrected chi connectivity index (χ4v) is 2.37. The average molecular weight is 335 g/mol. The molecule has 0 radical (unpaired) electrons. The van der Waals surface area contributed by atoms with Crippen molar-refractivity contribution in [3.63, 3.8) is 0 Å². The number of hydrogen-bond acceptors (Lipinski definition) is 4. The Morgan fingerprint density at radius 3 is 2.45 bits per heavy atom. The van der Waals surface area contributed by atoms with E-state index in [1.807, 2.05) is 30.3 Å². The summed E-state index contributed by atoms with van der Waals surface area (Å²) in [4.78, 5) is 0. The first-order valence-electron chi connectivity index (χ1n) is 6.59. The highest BCUT2D eigenvalue weighted by Crippen LogP contribution is 2.24. The molecule has 4 nitrogen and oxygen atoms in total. The van der Waals surface area contributed by atoms with E-state index in [1.165, 1.54) is 0 Å². The molecule has 0 aliphatic heterocycles. The fourth-order valence-electron chi connectivity index (χ4n) is 1.91. The third-order valence-electron chi connectivity index (χ3n) is 3.04. The van der Waals surface area contributed by atoms with E-state index in [0.29, 0.717) is 28.4 Å². The number of halogens is 2. The summed E-state index contributed by atoms with van der Waals surface area (Å²) >= 11 is 12.0. The van der Waals surface area contributed by atoms with Crippen LogP contribution in [0.5, 0.6) is 5.75 Å². The average Bonchev–Trinajstić information content (AvgIpc) is 2.93. The van der Waals surface area contributed by atoms with Crippen LogP contribution in [-0.4, -0.2) is 10.2 Å². The molecule has 3 aromatic rings. The first kappa shape index (κ1) is 14.9. The van der Waals surface area contributed by atoms with Crippen LogP contribution in [0.3, 0.4) is 0 Å². The van der Waals surface area contributed by atoms with Crippen molar-refractivity contribution in [2.75, 3.05) is 0 Å². The van der Waals surface area contributed by atoms with Gasteiger partial charge in [0.15, 0.2) is 0 Å². The maximum atomic E-state index is 6.11. The van der Waals surface area contributed by atoms with Gasteiger partial charge in [0.25, 0.3) is 0 Å². The summed E-state index contributed by atoms with van der Waals surface area (Å²) in [6, 6.07) is 12.8. The Balaban J connectivity index is 1.68. The Morgan fingerprint density at radius 1 is 1.05 bits per heavy atom. The van der Waals surface area contributed by atoms with Gasteiger partial charge in [-0.05, 0) is 36.4 Å². The number of benzene rings is 2. The van der Waals surface area contributed by atoms with Crippen molar-refractivity contribution in [3.05, 3.63) is 64.0 Å². The smallest absolute Gasteiger partial charge is 0.247 e. The quantitative estimate of drug-likeness (QED) is 0.678. The lowest BCUT2D eigenvalue weighted by Crippen LogP contribution is -1.96. The second-order valence-electron chi connectivity index (χ2n) is 4.68. The Kier molecular flexibility index (Phi) is 4.32. The van der Waals surface area contributed by atoms with E-state index in [4.69, 9.17) is 32.4 Å². The van der Waals surface area contributed by atoms with Gasteiger partial charge in [-0.1, -0.05) is 29.3 Å². The van der Waals surface area contributed by atoms with Crippen molar-refractivity contribution < 1.29 is 9.15 Å². The SMILES string of the molecule is Cc1nnc(-c2ccc(OCc3ccc(Cl)cc3Cl)cc2)o1. The molecule has 0 bridgehead atoms. The standard InChI is InChI=1S/C16H12Cl2N2O2/c1-10-19-20-16(22-10)11-3-6-14(7-4-11)21-9-12-2-5-13(17)8-15(12)18/h2-8H,9H2,1H3. The van der Waals surface area contributed by atoms with Gasteiger partial charge in [-0.3, -0.25) is 0 Å². The normalized spacial score (nSPS) is 10.7. The third kappa shape index (κ3) is 3.40. The van der Waals surface area contributed by atoms with Crippen molar-refractivity contribution in [1.29, 1.82) is 0 Å². The van der Waals surface area contributed by atoms with Gasteiger partial charge in [0.1, 0.15) is 12.4 Å². The minimum Gasteiger partial charge on any atom is -0.489 e. The van der Waals surface area contributed by atoms with Crippen LogP contribution in [0.4, 0.5) is 0 Å². The van der Waals surface area contributed by atoms with E-state index in [1.54, 1.807) is 19.1 Å². The highest BCUT2D eigenvalue weighted by Gasteiger charge is 2.06. The van der Waals surface area contributed by atoms with Crippen LogP contribution in [0.25, 0.3) is 11.5 Å². The molecular weight excluding hydrogens is 323 g/mol. The van der Waals surface area contributed by atoms with Crippen molar-refractivity contribution in [1.82, 2.24) is 10.2 Å². The van der Waals surface area contributed by atoms with E-state index < -0.39 is 0 Å². The van der Waals surface area contributed by atoms with Crippen molar-refractivity contribution in [2.45, 2.75) is 13.5 Å². The molecular formula is C16H12Cl2N2O2. The molecule has 0 spiro atoms. The molecule has 0 saturated carbocycles. The molecule has 112 valence electrons. The van der Waals surface area contributed by atoms with Crippen LogP contribution in [-0.2, 0) is 6.61 Å². The van der Waals surface area contributed by atoms with Crippen LogP contribution in [0.2, 0.25) is 10.0 Å². The zero-order valence-corrected chi connectivity index (χ0v) is 13.2.